The molecule has 0 radical (unpaired) electrons. The molecule has 82 valence electrons. The lowest BCUT2D eigenvalue weighted by atomic mass is 10.2. The molecule has 2 rings (SSSR count). The predicted octanol–water partition coefficient (Wildman–Crippen LogP) is -0.820. The van der Waals surface area contributed by atoms with E-state index in [1.807, 2.05) is 0 Å². The lowest BCUT2D eigenvalue weighted by Crippen LogP contribution is -2.53. The van der Waals surface area contributed by atoms with Crippen LogP contribution in [0.1, 0.15) is 10.5 Å². The lowest BCUT2D eigenvalue weighted by Gasteiger charge is -2.24. The van der Waals surface area contributed by atoms with Gasteiger partial charge in [0, 0.05) is 6.20 Å². The average Bonchev–Trinajstić information content (AvgIpc) is 2.28. The maximum atomic E-state index is 11.8. The van der Waals surface area contributed by atoms with Crippen LogP contribution in [0.3, 0.4) is 0 Å². The van der Waals surface area contributed by atoms with E-state index in [1.54, 1.807) is 18.2 Å². The van der Waals surface area contributed by atoms with Crippen LogP contribution in [0.2, 0.25) is 0 Å². The van der Waals surface area contributed by atoms with E-state index in [9.17, 15) is 14.4 Å². The minimum absolute atomic E-state index is 0.110. The number of imide groups is 1. The van der Waals surface area contributed by atoms with Gasteiger partial charge in [0.1, 0.15) is 18.8 Å². The number of pyridine rings is 1. The molecule has 16 heavy (non-hydrogen) atoms. The normalized spacial score (nSPS) is 15.9. The molecule has 6 heteroatoms. The Balaban J connectivity index is 2.16. The maximum Gasteiger partial charge on any atom is 0.273 e. The number of amides is 3. The minimum atomic E-state index is -0.472. The number of carbonyl (C=O) groups excluding carboxylic acids is 3. The zero-order chi connectivity index (χ0) is 11.5. The van der Waals surface area contributed by atoms with Crippen LogP contribution in [0.25, 0.3) is 0 Å². The van der Waals surface area contributed by atoms with Gasteiger partial charge in [-0.05, 0) is 12.1 Å². The summed E-state index contributed by atoms with van der Waals surface area (Å²) < 4.78 is 0. The number of aromatic nitrogens is 1. The molecule has 1 aromatic heterocycles. The van der Waals surface area contributed by atoms with Crippen LogP contribution in [0.5, 0.6) is 0 Å². The molecule has 1 aliphatic rings. The summed E-state index contributed by atoms with van der Waals surface area (Å²) in [5.74, 6) is -1.36. The molecule has 0 saturated carbocycles. The van der Waals surface area contributed by atoms with Crippen molar-refractivity contribution < 1.29 is 14.4 Å². The molecule has 1 fully saturated rings. The first-order valence-electron chi connectivity index (χ1n) is 4.70. The van der Waals surface area contributed by atoms with Gasteiger partial charge in [-0.2, -0.15) is 0 Å². The highest BCUT2D eigenvalue weighted by atomic mass is 16.2. The Kier molecular flexibility index (Phi) is 2.63. The number of nitrogens with one attached hydrogen (secondary N) is 1. The third-order valence-electron chi connectivity index (χ3n) is 2.12. The van der Waals surface area contributed by atoms with Gasteiger partial charge in [0.25, 0.3) is 5.91 Å². The molecule has 0 unspecified atom stereocenters. The van der Waals surface area contributed by atoms with Gasteiger partial charge in [0.15, 0.2) is 0 Å². The van der Waals surface area contributed by atoms with E-state index >= 15 is 0 Å². The highest BCUT2D eigenvalue weighted by molar-refractivity contribution is 6.05. The van der Waals surface area contributed by atoms with Crippen LogP contribution >= 0.6 is 0 Å². The van der Waals surface area contributed by atoms with Crippen molar-refractivity contribution in [1.29, 1.82) is 0 Å². The van der Waals surface area contributed by atoms with Gasteiger partial charge in [-0.3, -0.25) is 24.7 Å². The summed E-state index contributed by atoms with van der Waals surface area (Å²) in [4.78, 5) is 39.0. The molecule has 1 N–H and O–H groups in total. The van der Waals surface area contributed by atoms with Gasteiger partial charge in [0.2, 0.25) is 11.8 Å². The molecule has 0 atom stereocenters. The Morgan fingerprint density at radius 2 is 1.94 bits per heavy atom. The molecule has 0 spiro atoms. The second kappa shape index (κ2) is 4.09. The number of piperazine rings is 1. The molecular formula is C10H9N3O3. The number of hydrogen-bond acceptors (Lipinski definition) is 4. The van der Waals surface area contributed by atoms with Gasteiger partial charge < -0.3 is 4.90 Å². The van der Waals surface area contributed by atoms with Crippen molar-refractivity contribution in [2.24, 2.45) is 0 Å². The number of nitrogens with zero attached hydrogens (tertiary/aromatic N) is 2. The Morgan fingerprint density at radius 1 is 1.25 bits per heavy atom. The SMILES string of the molecule is O=C1CN(C(=O)c2ccccn2)CC(=O)N1. The van der Waals surface area contributed by atoms with E-state index in [0.717, 1.165) is 0 Å². The summed E-state index contributed by atoms with van der Waals surface area (Å²) in [5, 5.41) is 2.12. The van der Waals surface area contributed by atoms with Crippen molar-refractivity contribution >= 4 is 17.7 Å². The summed E-state index contributed by atoms with van der Waals surface area (Å²) in [6.07, 6.45) is 1.49. The van der Waals surface area contributed by atoms with Gasteiger partial charge in [-0.15, -0.1) is 0 Å². The van der Waals surface area contributed by atoms with Crippen molar-refractivity contribution in [2.45, 2.75) is 0 Å². The van der Waals surface area contributed by atoms with Crippen LogP contribution in [-0.2, 0) is 9.59 Å². The molecule has 1 aliphatic heterocycles. The summed E-state index contributed by atoms with van der Waals surface area (Å²) >= 11 is 0. The van der Waals surface area contributed by atoms with Crippen LogP contribution in [0.15, 0.2) is 24.4 Å². The van der Waals surface area contributed by atoms with E-state index in [4.69, 9.17) is 0 Å². The smallest absolute Gasteiger partial charge is 0.273 e. The second-order valence-corrected chi connectivity index (χ2v) is 3.35. The second-order valence-electron chi connectivity index (χ2n) is 3.35. The minimum Gasteiger partial charge on any atom is -0.319 e. The summed E-state index contributed by atoms with van der Waals surface area (Å²) in [6.45, 7) is -0.220. The Morgan fingerprint density at radius 3 is 2.50 bits per heavy atom. The van der Waals surface area contributed by atoms with Crippen molar-refractivity contribution in [1.82, 2.24) is 15.2 Å². The van der Waals surface area contributed by atoms with Crippen LogP contribution in [0.4, 0.5) is 0 Å². The van der Waals surface area contributed by atoms with Crippen molar-refractivity contribution in [3.8, 4) is 0 Å². The van der Waals surface area contributed by atoms with Crippen LogP contribution < -0.4 is 5.32 Å². The molecule has 0 bridgehead atoms. The van der Waals surface area contributed by atoms with Gasteiger partial charge >= 0.3 is 0 Å². The highest BCUT2D eigenvalue weighted by Crippen LogP contribution is 2.03. The van der Waals surface area contributed by atoms with Crippen LogP contribution in [0, 0.1) is 0 Å². The quantitative estimate of drug-likeness (QED) is 0.626. The first-order chi connectivity index (χ1) is 7.66. The zero-order valence-corrected chi connectivity index (χ0v) is 8.34. The van der Waals surface area contributed by atoms with Crippen LogP contribution in [-0.4, -0.2) is 40.7 Å². The largest absolute Gasteiger partial charge is 0.319 e. The van der Waals surface area contributed by atoms with Gasteiger partial charge in [-0.25, -0.2) is 0 Å². The molecule has 1 saturated heterocycles. The third kappa shape index (κ3) is 2.05. The topological polar surface area (TPSA) is 79.4 Å². The summed E-state index contributed by atoms with van der Waals surface area (Å²) in [7, 11) is 0. The summed E-state index contributed by atoms with van der Waals surface area (Å²) in [6, 6.07) is 4.90. The van der Waals surface area contributed by atoms with Crippen molar-refractivity contribution in [3.05, 3.63) is 30.1 Å². The van der Waals surface area contributed by atoms with Crippen molar-refractivity contribution in [2.75, 3.05) is 13.1 Å². The Labute approximate surface area is 91.3 Å². The molecular weight excluding hydrogens is 210 g/mol. The number of rotatable bonds is 1. The standard InChI is InChI=1S/C10H9N3O3/c14-8-5-13(6-9(15)12-8)10(16)7-3-1-2-4-11-7/h1-4H,5-6H2,(H,12,14,15). The average molecular weight is 219 g/mol. The third-order valence-corrected chi connectivity index (χ3v) is 2.12. The highest BCUT2D eigenvalue weighted by Gasteiger charge is 2.27. The molecule has 1 aromatic rings. The first kappa shape index (κ1) is 10.3. The monoisotopic (exact) mass is 219 g/mol. The fourth-order valence-corrected chi connectivity index (χ4v) is 1.43. The molecule has 6 nitrogen and oxygen atoms in total. The van der Waals surface area contributed by atoms with Gasteiger partial charge in [-0.1, -0.05) is 6.07 Å². The number of hydrogen-bond donors (Lipinski definition) is 1. The summed E-state index contributed by atoms with van der Waals surface area (Å²) in [5.41, 5.74) is 0.227. The van der Waals surface area contributed by atoms with E-state index in [-0.39, 0.29) is 18.8 Å². The lowest BCUT2D eigenvalue weighted by molar-refractivity contribution is -0.135. The molecule has 2 heterocycles. The maximum absolute atomic E-state index is 11.8. The van der Waals surface area contributed by atoms with E-state index in [1.165, 1.54) is 11.1 Å². The predicted molar refractivity (Wildman–Crippen MR) is 53.3 cm³/mol. The molecule has 0 aliphatic carbocycles. The van der Waals surface area contributed by atoms with Crippen molar-refractivity contribution in [3.63, 3.8) is 0 Å². The first-order valence-corrected chi connectivity index (χ1v) is 4.70. The fraction of sp³-hybridized carbons (Fsp3) is 0.200. The molecule has 3 amide bonds. The van der Waals surface area contributed by atoms with Gasteiger partial charge in [0.05, 0.1) is 0 Å². The van der Waals surface area contributed by atoms with E-state index in [0.29, 0.717) is 0 Å². The fourth-order valence-electron chi connectivity index (χ4n) is 1.43. The number of carbonyl (C=O) groups is 3. The van der Waals surface area contributed by atoms with E-state index < -0.39 is 17.7 Å². The van der Waals surface area contributed by atoms with E-state index in [2.05, 4.69) is 10.3 Å². The Bertz CT molecular complexity index is 428. The Hall–Kier alpha value is -2.24. The molecule has 0 aromatic carbocycles. The zero-order valence-electron chi connectivity index (χ0n) is 8.34.